The van der Waals surface area contributed by atoms with E-state index in [1.807, 2.05) is 13.8 Å². The van der Waals surface area contributed by atoms with Crippen molar-refractivity contribution in [2.24, 2.45) is 0 Å². The van der Waals surface area contributed by atoms with Crippen molar-refractivity contribution in [3.63, 3.8) is 0 Å². The zero-order valence-electron chi connectivity index (χ0n) is 14.3. The third kappa shape index (κ3) is 5.74. The summed E-state index contributed by atoms with van der Waals surface area (Å²) >= 11 is 0. The van der Waals surface area contributed by atoms with E-state index in [2.05, 4.69) is 10.6 Å². The van der Waals surface area contributed by atoms with Crippen molar-refractivity contribution >= 4 is 6.03 Å². The summed E-state index contributed by atoms with van der Waals surface area (Å²) in [6.07, 6.45) is 0. The smallest absolute Gasteiger partial charge is 0.314 e. The molecule has 0 aliphatic rings. The van der Waals surface area contributed by atoms with E-state index in [0.717, 1.165) is 0 Å². The lowest BCUT2D eigenvalue weighted by Gasteiger charge is -2.26. The molecule has 0 aliphatic carbocycles. The van der Waals surface area contributed by atoms with E-state index in [-0.39, 0.29) is 37.4 Å². The topological polar surface area (TPSA) is 50.4 Å². The number of amides is 2. The number of nitrogens with one attached hydrogen (secondary N) is 2. The van der Waals surface area contributed by atoms with E-state index in [4.69, 9.17) is 4.74 Å². The van der Waals surface area contributed by atoms with Gasteiger partial charge >= 0.3 is 6.03 Å². The maximum Gasteiger partial charge on any atom is 0.314 e. The van der Waals surface area contributed by atoms with Crippen LogP contribution in [0.4, 0.5) is 13.6 Å². The Bertz CT molecular complexity index is 720. The highest BCUT2D eigenvalue weighted by atomic mass is 19.1. The molecule has 0 unspecified atom stereocenters. The lowest BCUT2D eigenvalue weighted by Crippen LogP contribution is -2.43. The first-order chi connectivity index (χ1) is 11.9. The number of benzene rings is 2. The second kappa shape index (κ2) is 8.46. The van der Waals surface area contributed by atoms with Gasteiger partial charge < -0.3 is 15.4 Å². The summed E-state index contributed by atoms with van der Waals surface area (Å²) in [4.78, 5) is 11.8. The zero-order valence-corrected chi connectivity index (χ0v) is 14.3. The van der Waals surface area contributed by atoms with E-state index in [1.54, 1.807) is 30.3 Å². The number of urea groups is 1. The first-order valence-electron chi connectivity index (χ1n) is 8.03. The second-order valence-electron chi connectivity index (χ2n) is 6.28. The molecular weight excluding hydrogens is 326 g/mol. The van der Waals surface area contributed by atoms with E-state index in [1.165, 1.54) is 18.2 Å². The van der Waals surface area contributed by atoms with Gasteiger partial charge in [0.25, 0.3) is 0 Å². The molecule has 0 radical (unpaired) electrons. The Kier molecular flexibility index (Phi) is 6.33. The summed E-state index contributed by atoms with van der Waals surface area (Å²) in [5, 5.41) is 5.37. The van der Waals surface area contributed by atoms with Gasteiger partial charge in [-0.3, -0.25) is 0 Å². The second-order valence-corrected chi connectivity index (χ2v) is 6.28. The van der Waals surface area contributed by atoms with E-state index >= 15 is 0 Å². The first kappa shape index (κ1) is 18.7. The van der Waals surface area contributed by atoms with Crippen LogP contribution >= 0.6 is 0 Å². The van der Waals surface area contributed by atoms with Gasteiger partial charge in [0.05, 0.1) is 6.54 Å². The number of halogens is 2. The van der Waals surface area contributed by atoms with Crippen molar-refractivity contribution in [3.05, 3.63) is 65.7 Å². The van der Waals surface area contributed by atoms with Crippen LogP contribution in [0.2, 0.25) is 0 Å². The Balaban J connectivity index is 1.72. The molecule has 2 amide bonds. The van der Waals surface area contributed by atoms with Crippen LogP contribution in [0.15, 0.2) is 48.5 Å². The SMILES string of the molecule is CC(C)(CNC(=O)NCCOc1cccc(F)c1)c1ccccc1F. The van der Waals surface area contributed by atoms with Crippen molar-refractivity contribution < 1.29 is 18.3 Å². The Morgan fingerprint density at radius 1 is 1.08 bits per heavy atom. The predicted molar refractivity (Wildman–Crippen MR) is 92.7 cm³/mol. The summed E-state index contributed by atoms with van der Waals surface area (Å²) in [6.45, 7) is 4.48. The van der Waals surface area contributed by atoms with Gasteiger partial charge in [0.15, 0.2) is 0 Å². The average Bonchev–Trinajstić information content (AvgIpc) is 2.57. The lowest BCUT2D eigenvalue weighted by molar-refractivity contribution is 0.234. The standard InChI is InChI=1S/C19H22F2N2O2/c1-19(2,16-8-3-4-9-17(16)21)13-23-18(24)22-10-11-25-15-7-5-6-14(20)12-15/h3-9,12H,10-11,13H2,1-2H3,(H2,22,23,24). The van der Waals surface area contributed by atoms with Crippen LogP contribution in [0.3, 0.4) is 0 Å². The lowest BCUT2D eigenvalue weighted by atomic mass is 9.84. The van der Waals surface area contributed by atoms with Gasteiger partial charge in [-0.25, -0.2) is 13.6 Å². The fraction of sp³-hybridized carbons (Fsp3) is 0.316. The molecule has 25 heavy (non-hydrogen) atoms. The quantitative estimate of drug-likeness (QED) is 0.751. The molecule has 0 aliphatic heterocycles. The number of rotatable bonds is 7. The van der Waals surface area contributed by atoms with Crippen molar-refractivity contribution in [2.75, 3.05) is 19.7 Å². The summed E-state index contributed by atoms with van der Waals surface area (Å²) in [7, 11) is 0. The molecule has 2 aromatic carbocycles. The fourth-order valence-electron chi connectivity index (χ4n) is 2.36. The van der Waals surface area contributed by atoms with Gasteiger partial charge in [0, 0.05) is 18.0 Å². The normalized spacial score (nSPS) is 11.0. The monoisotopic (exact) mass is 348 g/mol. The van der Waals surface area contributed by atoms with E-state index in [0.29, 0.717) is 11.3 Å². The molecule has 0 bridgehead atoms. The molecule has 4 nitrogen and oxygen atoms in total. The maximum atomic E-state index is 13.9. The van der Waals surface area contributed by atoms with E-state index in [9.17, 15) is 13.6 Å². The number of hydrogen-bond acceptors (Lipinski definition) is 2. The van der Waals surface area contributed by atoms with Crippen LogP contribution in [0.1, 0.15) is 19.4 Å². The minimum Gasteiger partial charge on any atom is -0.492 e. The van der Waals surface area contributed by atoms with Gasteiger partial charge in [-0.2, -0.15) is 0 Å². The van der Waals surface area contributed by atoms with Crippen LogP contribution < -0.4 is 15.4 Å². The summed E-state index contributed by atoms with van der Waals surface area (Å²) in [5.41, 5.74) is 0.00513. The Morgan fingerprint density at radius 2 is 1.84 bits per heavy atom. The molecular formula is C19H22F2N2O2. The first-order valence-corrected chi connectivity index (χ1v) is 8.03. The highest BCUT2D eigenvalue weighted by Crippen LogP contribution is 2.24. The summed E-state index contributed by atoms with van der Waals surface area (Å²) < 4.78 is 32.2. The molecule has 0 saturated carbocycles. The Morgan fingerprint density at radius 3 is 2.56 bits per heavy atom. The Hall–Kier alpha value is -2.63. The molecule has 2 rings (SSSR count). The van der Waals surface area contributed by atoms with Gasteiger partial charge in [0.2, 0.25) is 0 Å². The minimum atomic E-state index is -0.541. The summed E-state index contributed by atoms with van der Waals surface area (Å²) in [5.74, 6) is -0.264. The predicted octanol–water partition coefficient (Wildman–Crippen LogP) is 3.62. The highest BCUT2D eigenvalue weighted by Gasteiger charge is 2.24. The van der Waals surface area contributed by atoms with Crippen LogP contribution in [0, 0.1) is 11.6 Å². The number of carbonyl (C=O) groups excluding carboxylic acids is 1. The van der Waals surface area contributed by atoms with Crippen LogP contribution in [-0.2, 0) is 5.41 Å². The van der Waals surface area contributed by atoms with Crippen molar-refractivity contribution in [3.8, 4) is 5.75 Å². The third-order valence-electron chi connectivity index (χ3n) is 3.75. The maximum absolute atomic E-state index is 13.9. The fourth-order valence-corrected chi connectivity index (χ4v) is 2.36. The van der Waals surface area contributed by atoms with Gasteiger partial charge in [-0.05, 0) is 23.8 Å². The molecule has 0 aromatic heterocycles. The molecule has 134 valence electrons. The molecule has 6 heteroatoms. The van der Waals surface area contributed by atoms with Crippen molar-refractivity contribution in [1.82, 2.24) is 10.6 Å². The third-order valence-corrected chi connectivity index (χ3v) is 3.75. The molecule has 0 saturated heterocycles. The van der Waals surface area contributed by atoms with Crippen LogP contribution in [0.5, 0.6) is 5.75 Å². The molecule has 2 aromatic rings. The van der Waals surface area contributed by atoms with Crippen LogP contribution in [0.25, 0.3) is 0 Å². The molecule has 0 heterocycles. The van der Waals surface area contributed by atoms with E-state index < -0.39 is 5.41 Å². The van der Waals surface area contributed by atoms with Gasteiger partial charge in [0.1, 0.15) is 24.0 Å². The molecule has 0 fully saturated rings. The molecule has 0 spiro atoms. The Labute approximate surface area is 146 Å². The zero-order chi connectivity index (χ0) is 18.3. The van der Waals surface area contributed by atoms with Gasteiger partial charge in [-0.15, -0.1) is 0 Å². The largest absolute Gasteiger partial charge is 0.492 e. The summed E-state index contributed by atoms with van der Waals surface area (Å²) in [6, 6.07) is 11.9. The van der Waals surface area contributed by atoms with Crippen molar-refractivity contribution in [2.45, 2.75) is 19.3 Å². The number of ether oxygens (including phenoxy) is 1. The number of hydrogen-bond donors (Lipinski definition) is 2. The molecule has 2 N–H and O–H groups in total. The highest BCUT2D eigenvalue weighted by molar-refractivity contribution is 5.73. The van der Waals surface area contributed by atoms with Crippen LogP contribution in [-0.4, -0.2) is 25.7 Å². The van der Waals surface area contributed by atoms with Gasteiger partial charge in [-0.1, -0.05) is 38.1 Å². The minimum absolute atomic E-state index is 0.216. The molecule has 0 atom stereocenters. The number of carbonyl (C=O) groups is 1. The average molecular weight is 348 g/mol. The van der Waals surface area contributed by atoms with Crippen molar-refractivity contribution in [1.29, 1.82) is 0 Å².